The van der Waals surface area contributed by atoms with Crippen molar-refractivity contribution in [3.05, 3.63) is 12.2 Å². The van der Waals surface area contributed by atoms with Crippen molar-refractivity contribution in [3.63, 3.8) is 0 Å². The van der Waals surface area contributed by atoms with Crippen molar-refractivity contribution < 1.29 is 52.7 Å². The van der Waals surface area contributed by atoms with Crippen LogP contribution < -0.4 is 0 Å². The smallest absolute Gasteiger partial charge is 0.456 e. The molecule has 0 aromatic heterocycles. The molecule has 0 saturated carbocycles. The highest BCUT2D eigenvalue weighted by molar-refractivity contribution is 8.09. The quantitative estimate of drug-likeness (QED) is 0.372. The van der Waals surface area contributed by atoms with Crippen molar-refractivity contribution in [1.82, 2.24) is 0 Å². The molecule has 0 saturated heterocycles. The number of ether oxygens (including phenoxy) is 1. The molecule has 0 unspecified atom stereocenters. The lowest BCUT2D eigenvalue weighted by atomic mass is 10.1. The van der Waals surface area contributed by atoms with Crippen LogP contribution in [-0.4, -0.2) is 44.0 Å². The molecule has 0 heterocycles. The summed E-state index contributed by atoms with van der Waals surface area (Å²) in [7, 11) is -13.6. The van der Waals surface area contributed by atoms with Gasteiger partial charge in [0.2, 0.25) is 0 Å². The molecule has 0 rings (SSSR count). The number of rotatable bonds is 6. The molecule has 0 fully saturated rings. The lowest BCUT2D eigenvalue weighted by Crippen LogP contribution is -2.48. The number of hydrogen-bond acceptors (Lipinski definition) is 6. The Morgan fingerprint density at radius 1 is 0.960 bits per heavy atom. The molecule has 25 heavy (non-hydrogen) atoms. The number of carbonyl (C=O) groups excluding carboxylic acids is 1. The van der Waals surface area contributed by atoms with Crippen LogP contribution in [0.4, 0.5) is 26.3 Å². The van der Waals surface area contributed by atoms with Crippen molar-refractivity contribution in [2.45, 2.75) is 48.4 Å². The maximum atomic E-state index is 12.6. The largest absolute Gasteiger partial charge is 0.498 e. The summed E-state index contributed by atoms with van der Waals surface area (Å²) >= 11 is 0. The van der Waals surface area contributed by atoms with E-state index in [9.17, 15) is 48.0 Å². The highest BCUT2D eigenvalue weighted by Gasteiger charge is 2.63. The summed E-state index contributed by atoms with van der Waals surface area (Å²) in [6.07, 6.45) is -1.80. The van der Waals surface area contributed by atoms with E-state index >= 15 is 0 Å². The van der Waals surface area contributed by atoms with Crippen LogP contribution in [0.5, 0.6) is 0 Å². The summed E-state index contributed by atoms with van der Waals surface area (Å²) in [5.41, 5.74) is -15.1. The number of hydrogen-bond donors (Lipinski definition) is 0. The van der Waals surface area contributed by atoms with Crippen LogP contribution in [0.25, 0.3) is 0 Å². The average Bonchev–Trinajstić information content (AvgIpc) is 2.32. The second kappa shape index (κ2) is 6.78. The predicted octanol–water partition coefficient (Wildman–Crippen LogP) is 2.47. The standard InChI is InChI=1S/C11H14F6O6S2/c1-6(2)8(18)23-9(3,4)5-7(24(19,20)10(12,13)14)25(21,22)11(15,16)17/h7H,1,5H2,2-4H3. The highest BCUT2D eigenvalue weighted by atomic mass is 32.3. The minimum Gasteiger partial charge on any atom is -0.456 e. The van der Waals surface area contributed by atoms with Crippen molar-refractivity contribution in [3.8, 4) is 0 Å². The lowest BCUT2D eigenvalue weighted by molar-refractivity contribution is -0.151. The Hall–Kier alpha value is -1.31. The second-order valence-electron chi connectivity index (χ2n) is 5.54. The molecule has 14 heteroatoms. The fraction of sp³-hybridized carbons (Fsp3) is 0.727. The number of esters is 1. The van der Waals surface area contributed by atoms with Gasteiger partial charge in [0.15, 0.2) is 4.58 Å². The van der Waals surface area contributed by atoms with Crippen LogP contribution in [0.1, 0.15) is 27.2 Å². The van der Waals surface area contributed by atoms with E-state index in [1.807, 2.05) is 0 Å². The average molecular weight is 420 g/mol. The van der Waals surface area contributed by atoms with Gasteiger partial charge in [-0.05, 0) is 20.8 Å². The fourth-order valence-electron chi connectivity index (χ4n) is 1.47. The van der Waals surface area contributed by atoms with E-state index in [1.165, 1.54) is 0 Å². The Morgan fingerprint density at radius 3 is 1.52 bits per heavy atom. The maximum Gasteiger partial charge on any atom is 0.498 e. The summed E-state index contributed by atoms with van der Waals surface area (Å²) in [4.78, 5) is 11.4. The van der Waals surface area contributed by atoms with Gasteiger partial charge in [0, 0.05) is 12.0 Å². The minimum absolute atomic E-state index is 0.290. The summed E-state index contributed by atoms with van der Waals surface area (Å²) in [6, 6.07) is 0. The van der Waals surface area contributed by atoms with Crippen molar-refractivity contribution in [1.29, 1.82) is 0 Å². The van der Waals surface area contributed by atoms with Gasteiger partial charge >= 0.3 is 17.0 Å². The predicted molar refractivity (Wildman–Crippen MR) is 73.3 cm³/mol. The maximum absolute atomic E-state index is 12.6. The van der Waals surface area contributed by atoms with Crippen LogP contribution in [0.2, 0.25) is 0 Å². The van der Waals surface area contributed by atoms with E-state index in [4.69, 9.17) is 0 Å². The van der Waals surface area contributed by atoms with Gasteiger partial charge in [-0.15, -0.1) is 0 Å². The van der Waals surface area contributed by atoms with Gasteiger partial charge in [-0.2, -0.15) is 26.3 Å². The molecule has 6 nitrogen and oxygen atoms in total. The third kappa shape index (κ3) is 5.33. The number of carbonyl (C=O) groups is 1. The molecular weight excluding hydrogens is 406 g/mol. The monoisotopic (exact) mass is 420 g/mol. The zero-order valence-electron chi connectivity index (χ0n) is 13.0. The normalized spacial score (nSPS) is 14.5. The summed E-state index contributed by atoms with van der Waals surface area (Å²) in [6.45, 7) is 5.75. The number of halogens is 6. The Kier molecular flexibility index (Phi) is 6.42. The van der Waals surface area contributed by atoms with E-state index in [0.717, 1.165) is 20.8 Å². The number of alkyl halides is 6. The molecule has 148 valence electrons. The lowest BCUT2D eigenvalue weighted by Gasteiger charge is -2.30. The zero-order valence-corrected chi connectivity index (χ0v) is 14.7. The minimum atomic E-state index is -6.79. The van der Waals surface area contributed by atoms with Crippen LogP contribution in [0.15, 0.2) is 12.2 Å². The number of sulfone groups is 2. The topological polar surface area (TPSA) is 94.6 Å². The molecule has 0 N–H and O–H groups in total. The molecule has 0 aliphatic heterocycles. The van der Waals surface area contributed by atoms with Crippen LogP contribution in [0, 0.1) is 0 Å². The summed E-state index contributed by atoms with van der Waals surface area (Å²) in [5.74, 6) is -1.25. The van der Waals surface area contributed by atoms with Gasteiger partial charge in [-0.25, -0.2) is 21.6 Å². The fourth-order valence-corrected chi connectivity index (χ4v) is 5.29. The van der Waals surface area contributed by atoms with Gasteiger partial charge in [0.25, 0.3) is 19.7 Å². The van der Waals surface area contributed by atoms with E-state index in [2.05, 4.69) is 11.3 Å². The van der Waals surface area contributed by atoms with Crippen LogP contribution >= 0.6 is 0 Å². The molecule has 0 aliphatic carbocycles. The van der Waals surface area contributed by atoms with E-state index < -0.39 is 53.3 Å². The first-order valence-corrected chi connectivity index (χ1v) is 9.25. The molecule has 0 aliphatic rings. The molecule has 0 amide bonds. The zero-order chi connectivity index (χ0) is 20.6. The van der Waals surface area contributed by atoms with Crippen molar-refractivity contribution in [2.24, 2.45) is 0 Å². The molecule has 0 atom stereocenters. The van der Waals surface area contributed by atoms with E-state index in [1.54, 1.807) is 0 Å². The molecule has 0 aromatic rings. The Bertz CT molecular complexity index is 701. The van der Waals surface area contributed by atoms with Crippen molar-refractivity contribution in [2.75, 3.05) is 0 Å². The molecule has 0 aromatic carbocycles. The molecular formula is C11H14F6O6S2. The van der Waals surface area contributed by atoms with Crippen LogP contribution in [0.3, 0.4) is 0 Å². The van der Waals surface area contributed by atoms with Gasteiger partial charge < -0.3 is 4.74 Å². The summed E-state index contributed by atoms with van der Waals surface area (Å²) in [5, 5.41) is 0. The SMILES string of the molecule is C=C(C)C(=O)OC(C)(C)CC(S(=O)(=O)C(F)(F)F)S(=O)(=O)C(F)(F)F. The van der Waals surface area contributed by atoms with Gasteiger partial charge in [0.1, 0.15) is 5.60 Å². The van der Waals surface area contributed by atoms with Crippen molar-refractivity contribution >= 4 is 25.6 Å². The van der Waals surface area contributed by atoms with E-state index in [0.29, 0.717) is 0 Å². The van der Waals surface area contributed by atoms with Gasteiger partial charge in [0.05, 0.1) is 0 Å². The Morgan fingerprint density at radius 2 is 1.28 bits per heavy atom. The Labute approximate surface area is 139 Å². The molecule has 0 spiro atoms. The first-order valence-electron chi connectivity index (χ1n) is 6.16. The molecule has 0 bridgehead atoms. The third-order valence-electron chi connectivity index (χ3n) is 2.71. The van der Waals surface area contributed by atoms with E-state index in [-0.39, 0.29) is 5.57 Å². The molecule has 0 radical (unpaired) electrons. The first-order chi connectivity index (χ1) is 10.7. The summed E-state index contributed by atoms with van der Waals surface area (Å²) < 4.78 is 122. The third-order valence-corrected chi connectivity index (χ3v) is 7.24. The second-order valence-corrected chi connectivity index (χ2v) is 10.1. The van der Waals surface area contributed by atoms with Gasteiger partial charge in [-0.1, -0.05) is 6.58 Å². The highest BCUT2D eigenvalue weighted by Crippen LogP contribution is 2.40. The van der Waals surface area contributed by atoms with Crippen LogP contribution in [-0.2, 0) is 29.2 Å². The Balaban J connectivity index is 6.23. The van der Waals surface area contributed by atoms with Gasteiger partial charge in [-0.3, -0.25) is 0 Å². The first kappa shape index (κ1) is 23.7.